The SMILES string of the molecule is O=C(O)/C=C\c1nc(Cc2c(Cl)cccc2Cl)n2ccccc12. The van der Waals surface area contributed by atoms with Gasteiger partial charge in [-0.25, -0.2) is 9.78 Å². The highest BCUT2D eigenvalue weighted by Crippen LogP contribution is 2.27. The van der Waals surface area contributed by atoms with Crippen LogP contribution in [0.15, 0.2) is 48.7 Å². The Hall–Kier alpha value is -2.30. The molecule has 0 saturated carbocycles. The van der Waals surface area contributed by atoms with Gasteiger partial charge in [0.1, 0.15) is 5.82 Å². The zero-order valence-electron chi connectivity index (χ0n) is 11.9. The molecule has 0 aliphatic heterocycles. The third kappa shape index (κ3) is 3.23. The van der Waals surface area contributed by atoms with E-state index in [0.717, 1.165) is 23.0 Å². The molecule has 116 valence electrons. The number of pyridine rings is 1. The number of carbonyl (C=O) groups is 1. The average molecular weight is 347 g/mol. The number of hydrogen-bond donors (Lipinski definition) is 1. The van der Waals surface area contributed by atoms with E-state index in [1.54, 1.807) is 18.2 Å². The Kier molecular flexibility index (Phi) is 4.37. The van der Waals surface area contributed by atoms with E-state index < -0.39 is 5.97 Å². The molecule has 6 heteroatoms. The molecule has 0 spiro atoms. The minimum absolute atomic E-state index is 0.449. The number of aromatic nitrogens is 2. The van der Waals surface area contributed by atoms with Crippen molar-refractivity contribution in [1.29, 1.82) is 0 Å². The summed E-state index contributed by atoms with van der Waals surface area (Å²) in [7, 11) is 0. The number of benzene rings is 1. The second-order valence-corrected chi connectivity index (χ2v) is 5.73. The van der Waals surface area contributed by atoms with Crippen molar-refractivity contribution >= 4 is 40.8 Å². The molecule has 0 bridgehead atoms. The summed E-state index contributed by atoms with van der Waals surface area (Å²) in [6.07, 6.45) is 4.88. The van der Waals surface area contributed by atoms with Crippen molar-refractivity contribution in [3.05, 3.63) is 75.8 Å². The Morgan fingerprint density at radius 1 is 1.17 bits per heavy atom. The van der Waals surface area contributed by atoms with E-state index in [2.05, 4.69) is 4.98 Å². The lowest BCUT2D eigenvalue weighted by Crippen LogP contribution is -1.97. The maximum atomic E-state index is 10.7. The Bertz CT molecular complexity index is 896. The van der Waals surface area contributed by atoms with E-state index in [4.69, 9.17) is 28.3 Å². The van der Waals surface area contributed by atoms with Crippen LogP contribution in [0.2, 0.25) is 10.0 Å². The van der Waals surface area contributed by atoms with Gasteiger partial charge in [0.2, 0.25) is 0 Å². The van der Waals surface area contributed by atoms with Gasteiger partial charge >= 0.3 is 5.97 Å². The highest BCUT2D eigenvalue weighted by molar-refractivity contribution is 6.36. The smallest absolute Gasteiger partial charge is 0.328 e. The van der Waals surface area contributed by atoms with E-state index in [1.807, 2.05) is 28.8 Å². The predicted molar refractivity (Wildman–Crippen MR) is 91.1 cm³/mol. The van der Waals surface area contributed by atoms with E-state index >= 15 is 0 Å². The molecule has 23 heavy (non-hydrogen) atoms. The maximum Gasteiger partial charge on any atom is 0.328 e. The summed E-state index contributed by atoms with van der Waals surface area (Å²) in [5.41, 5.74) is 2.20. The summed E-state index contributed by atoms with van der Waals surface area (Å²) >= 11 is 12.5. The number of hydrogen-bond acceptors (Lipinski definition) is 2. The quantitative estimate of drug-likeness (QED) is 0.715. The number of rotatable bonds is 4. The minimum Gasteiger partial charge on any atom is -0.478 e. The second kappa shape index (κ2) is 6.44. The molecule has 0 aliphatic carbocycles. The number of carboxylic acid groups (broad SMARTS) is 1. The summed E-state index contributed by atoms with van der Waals surface area (Å²) < 4.78 is 1.90. The molecule has 0 aliphatic rings. The summed E-state index contributed by atoms with van der Waals surface area (Å²) in [4.78, 5) is 15.3. The van der Waals surface area contributed by atoms with E-state index in [9.17, 15) is 4.79 Å². The van der Waals surface area contributed by atoms with Gasteiger partial charge in [-0.15, -0.1) is 0 Å². The third-order valence-corrected chi connectivity index (χ3v) is 4.14. The Morgan fingerprint density at radius 3 is 2.61 bits per heavy atom. The fraction of sp³-hybridized carbons (Fsp3) is 0.0588. The molecule has 0 radical (unpaired) electrons. The van der Waals surface area contributed by atoms with Gasteiger partial charge in [-0.3, -0.25) is 0 Å². The van der Waals surface area contributed by atoms with Gasteiger partial charge in [-0.2, -0.15) is 0 Å². The molecule has 0 unspecified atom stereocenters. The summed E-state index contributed by atoms with van der Waals surface area (Å²) in [6, 6.07) is 11.0. The van der Waals surface area contributed by atoms with Crippen molar-refractivity contribution in [2.45, 2.75) is 6.42 Å². The Balaban J connectivity index is 2.09. The molecule has 1 N–H and O–H groups in total. The second-order valence-electron chi connectivity index (χ2n) is 4.92. The highest BCUT2D eigenvalue weighted by Gasteiger charge is 2.13. The molecule has 0 fully saturated rings. The van der Waals surface area contributed by atoms with Gasteiger partial charge in [0.25, 0.3) is 0 Å². The number of carboxylic acids is 1. The van der Waals surface area contributed by atoms with Gasteiger partial charge in [-0.05, 0) is 35.9 Å². The van der Waals surface area contributed by atoms with Crippen LogP contribution in [0, 0.1) is 0 Å². The average Bonchev–Trinajstić information content (AvgIpc) is 2.87. The Labute approximate surface area is 142 Å². The molecule has 0 saturated heterocycles. The fourth-order valence-corrected chi connectivity index (χ4v) is 2.92. The molecule has 4 nitrogen and oxygen atoms in total. The third-order valence-electron chi connectivity index (χ3n) is 3.43. The van der Waals surface area contributed by atoms with Gasteiger partial charge < -0.3 is 9.51 Å². The van der Waals surface area contributed by atoms with Crippen LogP contribution < -0.4 is 0 Å². The first-order chi connectivity index (χ1) is 11.1. The zero-order chi connectivity index (χ0) is 16.4. The van der Waals surface area contributed by atoms with Crippen LogP contribution in [0.3, 0.4) is 0 Å². The molecule has 0 atom stereocenters. The monoisotopic (exact) mass is 346 g/mol. The van der Waals surface area contributed by atoms with Crippen molar-refractivity contribution in [2.75, 3.05) is 0 Å². The number of fused-ring (bicyclic) bond motifs is 1. The van der Waals surface area contributed by atoms with Gasteiger partial charge in [-0.1, -0.05) is 35.3 Å². The molecule has 1 aromatic carbocycles. The van der Waals surface area contributed by atoms with Gasteiger partial charge in [0.05, 0.1) is 11.2 Å². The largest absolute Gasteiger partial charge is 0.478 e. The summed E-state index contributed by atoms with van der Waals surface area (Å²) in [5.74, 6) is -0.279. The van der Waals surface area contributed by atoms with Crippen LogP contribution >= 0.6 is 23.2 Å². The van der Waals surface area contributed by atoms with E-state index in [1.165, 1.54) is 6.08 Å². The van der Waals surface area contributed by atoms with Crippen LogP contribution in [0.25, 0.3) is 11.6 Å². The molecular weight excluding hydrogens is 335 g/mol. The standard InChI is InChI=1S/C17H12Cl2N2O2/c18-12-4-3-5-13(19)11(12)10-16-20-14(7-8-17(22)23)15-6-1-2-9-21(15)16/h1-9H,10H2,(H,22,23)/b8-7-. The first kappa shape index (κ1) is 15.6. The summed E-state index contributed by atoms with van der Waals surface area (Å²) in [5, 5.41) is 9.96. The number of nitrogens with zero attached hydrogens (tertiary/aromatic N) is 2. The predicted octanol–water partition coefficient (Wildman–Crippen LogP) is 4.33. The maximum absolute atomic E-state index is 10.7. The number of imidazole rings is 1. The van der Waals surface area contributed by atoms with Gasteiger partial charge in [0, 0.05) is 28.7 Å². The lowest BCUT2D eigenvalue weighted by Gasteiger charge is -2.06. The lowest BCUT2D eigenvalue weighted by atomic mass is 10.1. The van der Waals surface area contributed by atoms with Crippen molar-refractivity contribution in [3.8, 4) is 0 Å². The van der Waals surface area contributed by atoms with E-state index in [-0.39, 0.29) is 0 Å². The Morgan fingerprint density at radius 2 is 1.91 bits per heavy atom. The van der Waals surface area contributed by atoms with E-state index in [0.29, 0.717) is 22.2 Å². The molecule has 3 rings (SSSR count). The van der Waals surface area contributed by atoms with Crippen LogP contribution in [-0.2, 0) is 11.2 Å². The normalized spacial score (nSPS) is 11.4. The molecular formula is C17H12Cl2N2O2. The zero-order valence-corrected chi connectivity index (χ0v) is 13.4. The van der Waals surface area contributed by atoms with Crippen molar-refractivity contribution in [1.82, 2.24) is 9.38 Å². The molecule has 3 aromatic rings. The topological polar surface area (TPSA) is 54.6 Å². The van der Waals surface area contributed by atoms with Gasteiger partial charge in [0.15, 0.2) is 0 Å². The first-order valence-electron chi connectivity index (χ1n) is 6.86. The number of aliphatic carboxylic acids is 1. The van der Waals surface area contributed by atoms with Crippen molar-refractivity contribution < 1.29 is 9.90 Å². The van der Waals surface area contributed by atoms with Crippen LogP contribution in [0.5, 0.6) is 0 Å². The first-order valence-corrected chi connectivity index (χ1v) is 7.61. The van der Waals surface area contributed by atoms with Crippen molar-refractivity contribution in [3.63, 3.8) is 0 Å². The van der Waals surface area contributed by atoms with Crippen LogP contribution in [0.4, 0.5) is 0 Å². The fourth-order valence-electron chi connectivity index (χ4n) is 2.38. The van der Waals surface area contributed by atoms with Crippen LogP contribution in [-0.4, -0.2) is 20.5 Å². The highest BCUT2D eigenvalue weighted by atomic mass is 35.5. The minimum atomic E-state index is -1.02. The molecule has 2 heterocycles. The summed E-state index contributed by atoms with van der Waals surface area (Å²) in [6.45, 7) is 0. The number of halogens is 2. The molecule has 2 aromatic heterocycles. The van der Waals surface area contributed by atoms with Crippen molar-refractivity contribution in [2.24, 2.45) is 0 Å². The van der Waals surface area contributed by atoms with Crippen LogP contribution in [0.1, 0.15) is 17.1 Å². The lowest BCUT2D eigenvalue weighted by molar-refractivity contribution is -0.131. The molecule has 0 amide bonds.